The van der Waals surface area contributed by atoms with Crippen molar-refractivity contribution in [3.8, 4) is 0 Å². The fraction of sp³-hybridized carbons (Fsp3) is 0.625. The van der Waals surface area contributed by atoms with Gasteiger partial charge in [0.2, 0.25) is 0 Å². The van der Waals surface area contributed by atoms with Gasteiger partial charge in [-0.2, -0.15) is 0 Å². The van der Waals surface area contributed by atoms with Gasteiger partial charge >= 0.3 is 0 Å². The van der Waals surface area contributed by atoms with Gasteiger partial charge in [-0.1, -0.05) is 24.3 Å². The van der Waals surface area contributed by atoms with E-state index in [1.807, 2.05) is 0 Å². The number of rotatable bonds is 5. The van der Waals surface area contributed by atoms with Crippen molar-refractivity contribution < 1.29 is 4.74 Å². The molecule has 0 spiro atoms. The van der Waals surface area contributed by atoms with Gasteiger partial charge in [0.1, 0.15) is 0 Å². The Labute approximate surface area is 110 Å². The predicted octanol–water partition coefficient (Wildman–Crippen LogP) is 3.21. The summed E-state index contributed by atoms with van der Waals surface area (Å²) in [6, 6.07) is 9.14. The molecule has 18 heavy (non-hydrogen) atoms. The highest BCUT2D eigenvalue weighted by Gasteiger charge is 2.28. The van der Waals surface area contributed by atoms with Crippen molar-refractivity contribution in [1.29, 1.82) is 0 Å². The van der Waals surface area contributed by atoms with Crippen LogP contribution in [0.3, 0.4) is 0 Å². The molecule has 2 unspecified atom stereocenters. The summed E-state index contributed by atoms with van der Waals surface area (Å²) < 4.78 is 5.92. The molecule has 2 heteroatoms. The fourth-order valence-corrected chi connectivity index (χ4v) is 3.01. The van der Waals surface area contributed by atoms with E-state index < -0.39 is 0 Å². The van der Waals surface area contributed by atoms with Crippen LogP contribution >= 0.6 is 0 Å². The number of hydrogen-bond acceptors (Lipinski definition) is 2. The molecule has 98 valence electrons. The van der Waals surface area contributed by atoms with Gasteiger partial charge in [0.25, 0.3) is 0 Å². The van der Waals surface area contributed by atoms with Crippen LogP contribution in [0.5, 0.6) is 0 Å². The Morgan fingerprint density at radius 2 is 2.11 bits per heavy atom. The molecule has 2 nitrogen and oxygen atoms in total. The first-order chi connectivity index (χ1) is 8.84. The van der Waals surface area contributed by atoms with Crippen molar-refractivity contribution in [2.45, 2.75) is 50.7 Å². The summed E-state index contributed by atoms with van der Waals surface area (Å²) in [5.74, 6) is 0.824. The van der Waals surface area contributed by atoms with Crippen LogP contribution in [0.2, 0.25) is 0 Å². The van der Waals surface area contributed by atoms with Gasteiger partial charge in [0, 0.05) is 6.04 Å². The Hall–Kier alpha value is -0.860. The molecule has 2 atom stereocenters. The van der Waals surface area contributed by atoms with Gasteiger partial charge in [-0.3, -0.25) is 0 Å². The van der Waals surface area contributed by atoms with E-state index in [2.05, 4.69) is 24.3 Å². The topological polar surface area (TPSA) is 35.2 Å². The van der Waals surface area contributed by atoms with E-state index in [0.717, 1.165) is 31.8 Å². The molecule has 0 amide bonds. The highest BCUT2D eigenvalue weighted by Crippen LogP contribution is 2.35. The van der Waals surface area contributed by atoms with E-state index in [1.54, 1.807) is 0 Å². The van der Waals surface area contributed by atoms with E-state index in [9.17, 15) is 0 Å². The maximum atomic E-state index is 6.15. The summed E-state index contributed by atoms with van der Waals surface area (Å²) in [6.45, 7) is 0.871. The van der Waals surface area contributed by atoms with Gasteiger partial charge in [0.15, 0.2) is 0 Å². The van der Waals surface area contributed by atoms with E-state index in [4.69, 9.17) is 10.5 Å². The van der Waals surface area contributed by atoms with Crippen LogP contribution in [0.25, 0.3) is 0 Å². The molecule has 1 heterocycles. The maximum absolute atomic E-state index is 6.15. The van der Waals surface area contributed by atoms with Gasteiger partial charge in [-0.15, -0.1) is 0 Å². The number of hydrogen-bond donors (Lipinski definition) is 1. The Balaban J connectivity index is 1.53. The Kier molecular flexibility index (Phi) is 3.67. The number of fused-ring (bicyclic) bond motifs is 1. The summed E-state index contributed by atoms with van der Waals surface area (Å²) in [6.07, 6.45) is 7.55. The largest absolute Gasteiger partial charge is 0.373 e. The maximum Gasteiger partial charge on any atom is 0.0827 e. The van der Waals surface area contributed by atoms with Crippen LogP contribution in [-0.4, -0.2) is 12.6 Å². The van der Waals surface area contributed by atoms with E-state index in [0.29, 0.717) is 12.1 Å². The minimum absolute atomic E-state index is 0.307. The van der Waals surface area contributed by atoms with Gasteiger partial charge in [-0.05, 0) is 55.6 Å². The van der Waals surface area contributed by atoms with Crippen LogP contribution in [0.4, 0.5) is 0 Å². The number of nitrogens with two attached hydrogens (primary N) is 1. The quantitative estimate of drug-likeness (QED) is 0.864. The van der Waals surface area contributed by atoms with E-state index in [-0.39, 0.29) is 0 Å². The zero-order chi connectivity index (χ0) is 12.4. The van der Waals surface area contributed by atoms with Gasteiger partial charge < -0.3 is 10.5 Å². The van der Waals surface area contributed by atoms with Crippen molar-refractivity contribution >= 4 is 0 Å². The van der Waals surface area contributed by atoms with Crippen molar-refractivity contribution in [3.05, 3.63) is 35.4 Å². The third-order valence-electron chi connectivity index (χ3n) is 4.32. The molecule has 1 aromatic carbocycles. The van der Waals surface area contributed by atoms with Crippen molar-refractivity contribution in [1.82, 2.24) is 0 Å². The van der Waals surface area contributed by atoms with E-state index >= 15 is 0 Å². The molecule has 1 aliphatic carbocycles. The van der Waals surface area contributed by atoms with Gasteiger partial charge in [0.05, 0.1) is 12.7 Å². The smallest absolute Gasteiger partial charge is 0.0827 e. The molecule has 3 rings (SSSR count). The Morgan fingerprint density at radius 1 is 1.28 bits per heavy atom. The third kappa shape index (κ3) is 2.76. The monoisotopic (exact) mass is 245 g/mol. The molecule has 1 aliphatic heterocycles. The molecule has 2 aliphatic rings. The minimum Gasteiger partial charge on any atom is -0.373 e. The SMILES string of the molecule is NC(CCCC1OCCc2ccccc21)C1CC1. The summed E-state index contributed by atoms with van der Waals surface area (Å²) in [5.41, 5.74) is 9.03. The predicted molar refractivity (Wildman–Crippen MR) is 73.4 cm³/mol. The molecule has 1 aromatic rings. The second-order valence-corrected chi connectivity index (χ2v) is 5.74. The molecule has 0 radical (unpaired) electrons. The Morgan fingerprint density at radius 3 is 2.94 bits per heavy atom. The molecular weight excluding hydrogens is 222 g/mol. The molecule has 1 saturated carbocycles. The lowest BCUT2D eigenvalue weighted by atomic mass is 9.93. The van der Waals surface area contributed by atoms with Crippen molar-refractivity contribution in [2.24, 2.45) is 11.7 Å². The van der Waals surface area contributed by atoms with Gasteiger partial charge in [-0.25, -0.2) is 0 Å². The molecule has 0 aromatic heterocycles. The lowest BCUT2D eigenvalue weighted by Crippen LogP contribution is -2.23. The zero-order valence-electron chi connectivity index (χ0n) is 11.0. The van der Waals surface area contributed by atoms with Crippen LogP contribution in [0.1, 0.15) is 49.3 Å². The fourth-order valence-electron chi connectivity index (χ4n) is 3.01. The van der Waals surface area contributed by atoms with Crippen molar-refractivity contribution in [2.75, 3.05) is 6.61 Å². The second kappa shape index (κ2) is 5.41. The van der Waals surface area contributed by atoms with Crippen LogP contribution in [0, 0.1) is 5.92 Å². The third-order valence-corrected chi connectivity index (χ3v) is 4.32. The first kappa shape index (κ1) is 12.2. The standard InChI is InChI=1S/C16H23NO/c17-15(13-8-9-13)6-3-7-16-14-5-2-1-4-12(14)10-11-18-16/h1-2,4-5,13,15-16H,3,6-11,17H2. The van der Waals surface area contributed by atoms with Crippen LogP contribution < -0.4 is 5.73 Å². The lowest BCUT2D eigenvalue weighted by molar-refractivity contribution is 0.0345. The second-order valence-electron chi connectivity index (χ2n) is 5.74. The van der Waals surface area contributed by atoms with Crippen LogP contribution in [0.15, 0.2) is 24.3 Å². The summed E-state index contributed by atoms with van der Waals surface area (Å²) in [7, 11) is 0. The minimum atomic E-state index is 0.307. The first-order valence-corrected chi connectivity index (χ1v) is 7.29. The van der Waals surface area contributed by atoms with Crippen molar-refractivity contribution in [3.63, 3.8) is 0 Å². The first-order valence-electron chi connectivity index (χ1n) is 7.29. The number of benzene rings is 1. The summed E-state index contributed by atoms with van der Waals surface area (Å²) >= 11 is 0. The lowest BCUT2D eigenvalue weighted by Gasteiger charge is -2.26. The zero-order valence-corrected chi connectivity index (χ0v) is 11.0. The summed E-state index contributed by atoms with van der Waals surface area (Å²) in [4.78, 5) is 0. The van der Waals surface area contributed by atoms with E-state index in [1.165, 1.54) is 30.4 Å². The molecule has 0 saturated heterocycles. The highest BCUT2D eigenvalue weighted by atomic mass is 16.5. The molecule has 0 bridgehead atoms. The normalized spacial score (nSPS) is 24.6. The molecule has 2 N–H and O–H groups in total. The number of ether oxygens (including phenoxy) is 1. The Bertz CT molecular complexity index is 400. The molecule has 1 fully saturated rings. The highest BCUT2D eigenvalue weighted by molar-refractivity contribution is 5.30. The average Bonchev–Trinajstić information content (AvgIpc) is 3.23. The molecular formula is C16H23NO. The van der Waals surface area contributed by atoms with Crippen LogP contribution in [-0.2, 0) is 11.2 Å². The summed E-state index contributed by atoms with van der Waals surface area (Å²) in [5, 5.41) is 0. The average molecular weight is 245 g/mol.